The summed E-state index contributed by atoms with van der Waals surface area (Å²) in [6.45, 7) is 3.57. The molecule has 1 heterocycles. The first-order chi connectivity index (χ1) is 8.75. The second kappa shape index (κ2) is 6.37. The van der Waals surface area contributed by atoms with Crippen LogP contribution in [0.2, 0.25) is 0 Å². The van der Waals surface area contributed by atoms with Gasteiger partial charge in [0, 0.05) is 19.7 Å². The molecule has 1 aliphatic rings. The van der Waals surface area contributed by atoms with Crippen LogP contribution in [0.4, 0.5) is 11.4 Å². The van der Waals surface area contributed by atoms with E-state index in [4.69, 9.17) is 10.5 Å². The summed E-state index contributed by atoms with van der Waals surface area (Å²) in [5.41, 5.74) is 7.04. The third kappa shape index (κ3) is 3.72. The number of carbonyl (C=O) groups excluding carboxylic acids is 1. The molecule has 0 spiro atoms. The van der Waals surface area contributed by atoms with Crippen LogP contribution in [0.5, 0.6) is 0 Å². The maximum absolute atomic E-state index is 11.9. The molecule has 0 saturated carbocycles. The lowest BCUT2D eigenvalue weighted by molar-refractivity contribution is -0.117. The molecule has 1 fully saturated rings. The Kier molecular flexibility index (Phi) is 4.55. The lowest BCUT2D eigenvalue weighted by Crippen LogP contribution is -2.35. The predicted octanol–water partition coefficient (Wildman–Crippen LogP) is 0.930. The number of carbonyl (C=O) groups is 1. The van der Waals surface area contributed by atoms with Gasteiger partial charge in [0.15, 0.2) is 0 Å². The van der Waals surface area contributed by atoms with E-state index in [2.05, 4.69) is 10.2 Å². The van der Waals surface area contributed by atoms with Crippen molar-refractivity contribution in [2.45, 2.75) is 6.42 Å². The van der Waals surface area contributed by atoms with Gasteiger partial charge in [-0.15, -0.1) is 0 Å². The van der Waals surface area contributed by atoms with Crippen LogP contribution in [0.3, 0.4) is 0 Å². The summed E-state index contributed by atoms with van der Waals surface area (Å²) in [5.74, 6) is -0.0326. The van der Waals surface area contributed by atoms with Gasteiger partial charge >= 0.3 is 0 Å². The first kappa shape index (κ1) is 12.9. The number of nitrogens with one attached hydrogen (secondary N) is 1. The van der Waals surface area contributed by atoms with Gasteiger partial charge in [0.05, 0.1) is 24.5 Å². The van der Waals surface area contributed by atoms with Gasteiger partial charge in [0.1, 0.15) is 0 Å². The van der Waals surface area contributed by atoms with E-state index in [1.54, 1.807) is 12.1 Å². The minimum absolute atomic E-state index is 0.0326. The van der Waals surface area contributed by atoms with Crippen molar-refractivity contribution in [1.82, 2.24) is 4.90 Å². The van der Waals surface area contributed by atoms with Gasteiger partial charge in [-0.05, 0) is 18.6 Å². The molecule has 1 aromatic carbocycles. The highest BCUT2D eigenvalue weighted by molar-refractivity contribution is 5.95. The monoisotopic (exact) mass is 249 g/mol. The van der Waals surface area contributed by atoms with Gasteiger partial charge in [-0.1, -0.05) is 12.1 Å². The van der Waals surface area contributed by atoms with E-state index in [9.17, 15) is 4.79 Å². The maximum Gasteiger partial charge on any atom is 0.238 e. The zero-order valence-corrected chi connectivity index (χ0v) is 10.4. The molecule has 1 amide bonds. The Morgan fingerprint density at radius 2 is 2.17 bits per heavy atom. The van der Waals surface area contributed by atoms with Crippen molar-refractivity contribution < 1.29 is 9.53 Å². The first-order valence-corrected chi connectivity index (χ1v) is 6.20. The van der Waals surface area contributed by atoms with Gasteiger partial charge in [-0.3, -0.25) is 9.69 Å². The topological polar surface area (TPSA) is 67.6 Å². The molecule has 0 radical (unpaired) electrons. The van der Waals surface area contributed by atoms with Crippen molar-refractivity contribution in [3.8, 4) is 0 Å². The van der Waals surface area contributed by atoms with Crippen LogP contribution < -0.4 is 11.1 Å². The van der Waals surface area contributed by atoms with E-state index in [1.165, 1.54) is 0 Å². The molecular weight excluding hydrogens is 230 g/mol. The second-order valence-corrected chi connectivity index (χ2v) is 4.38. The normalized spacial score (nSPS) is 17.1. The van der Waals surface area contributed by atoms with Crippen molar-refractivity contribution in [2.24, 2.45) is 0 Å². The smallest absolute Gasteiger partial charge is 0.238 e. The molecule has 1 saturated heterocycles. The second-order valence-electron chi connectivity index (χ2n) is 4.38. The van der Waals surface area contributed by atoms with Crippen LogP contribution in [0.1, 0.15) is 6.42 Å². The number of rotatable bonds is 3. The summed E-state index contributed by atoms with van der Waals surface area (Å²) in [7, 11) is 0. The Labute approximate surface area is 107 Å². The summed E-state index contributed by atoms with van der Waals surface area (Å²) in [6.07, 6.45) is 0.973. The summed E-state index contributed by atoms with van der Waals surface area (Å²) in [6, 6.07) is 7.27. The average Bonchev–Trinajstić information content (AvgIpc) is 2.61. The SMILES string of the molecule is Nc1ccccc1NC(=O)CN1CCCOCC1. The fourth-order valence-electron chi connectivity index (χ4n) is 1.96. The summed E-state index contributed by atoms with van der Waals surface area (Å²) >= 11 is 0. The van der Waals surface area contributed by atoms with Crippen molar-refractivity contribution in [1.29, 1.82) is 0 Å². The molecule has 0 atom stereocenters. The van der Waals surface area contributed by atoms with Crippen LogP contribution in [0.25, 0.3) is 0 Å². The minimum atomic E-state index is -0.0326. The molecule has 5 heteroatoms. The quantitative estimate of drug-likeness (QED) is 0.782. The molecule has 18 heavy (non-hydrogen) atoms. The number of anilines is 2. The highest BCUT2D eigenvalue weighted by atomic mass is 16.5. The zero-order chi connectivity index (χ0) is 12.8. The van der Waals surface area contributed by atoms with Crippen molar-refractivity contribution in [3.05, 3.63) is 24.3 Å². The summed E-state index contributed by atoms with van der Waals surface area (Å²) in [4.78, 5) is 14.0. The number of hydrogen-bond donors (Lipinski definition) is 2. The molecule has 0 bridgehead atoms. The van der Waals surface area contributed by atoms with Crippen LogP contribution in [-0.4, -0.2) is 43.7 Å². The third-order valence-corrected chi connectivity index (χ3v) is 2.92. The lowest BCUT2D eigenvalue weighted by Gasteiger charge is -2.18. The Bertz CT molecular complexity index is 401. The van der Waals surface area contributed by atoms with Gasteiger partial charge in [-0.2, -0.15) is 0 Å². The molecular formula is C13H19N3O2. The number of amides is 1. The fraction of sp³-hybridized carbons (Fsp3) is 0.462. The highest BCUT2D eigenvalue weighted by Gasteiger charge is 2.13. The maximum atomic E-state index is 11.9. The van der Waals surface area contributed by atoms with Gasteiger partial charge in [-0.25, -0.2) is 0 Å². The van der Waals surface area contributed by atoms with Crippen LogP contribution in [0.15, 0.2) is 24.3 Å². The number of para-hydroxylation sites is 2. The Morgan fingerprint density at radius 3 is 3.00 bits per heavy atom. The van der Waals surface area contributed by atoms with Crippen molar-refractivity contribution >= 4 is 17.3 Å². The highest BCUT2D eigenvalue weighted by Crippen LogP contribution is 2.16. The number of hydrogen-bond acceptors (Lipinski definition) is 4. The van der Waals surface area contributed by atoms with E-state index in [0.29, 0.717) is 24.5 Å². The summed E-state index contributed by atoms with van der Waals surface area (Å²) in [5, 5.41) is 2.83. The Hall–Kier alpha value is -1.59. The molecule has 3 N–H and O–H groups in total. The van der Waals surface area contributed by atoms with Gasteiger partial charge in [0.2, 0.25) is 5.91 Å². The largest absolute Gasteiger partial charge is 0.397 e. The number of nitrogen functional groups attached to an aromatic ring is 1. The minimum Gasteiger partial charge on any atom is -0.397 e. The molecule has 5 nitrogen and oxygen atoms in total. The predicted molar refractivity (Wildman–Crippen MR) is 71.4 cm³/mol. The number of benzene rings is 1. The number of ether oxygens (including phenoxy) is 1. The van der Waals surface area contributed by atoms with E-state index < -0.39 is 0 Å². The lowest BCUT2D eigenvalue weighted by atomic mass is 10.2. The number of nitrogens with two attached hydrogens (primary N) is 1. The molecule has 2 rings (SSSR count). The zero-order valence-electron chi connectivity index (χ0n) is 10.4. The Balaban J connectivity index is 1.86. The van der Waals surface area contributed by atoms with Gasteiger partial charge in [0.25, 0.3) is 0 Å². The van der Waals surface area contributed by atoms with E-state index in [1.807, 2.05) is 12.1 Å². The molecule has 0 unspecified atom stereocenters. The van der Waals surface area contributed by atoms with E-state index >= 15 is 0 Å². The third-order valence-electron chi connectivity index (χ3n) is 2.92. The molecule has 1 aliphatic heterocycles. The average molecular weight is 249 g/mol. The molecule has 1 aromatic rings. The van der Waals surface area contributed by atoms with E-state index in [0.717, 1.165) is 26.1 Å². The van der Waals surface area contributed by atoms with Crippen LogP contribution in [0, 0.1) is 0 Å². The van der Waals surface area contributed by atoms with Crippen molar-refractivity contribution in [2.75, 3.05) is 43.9 Å². The molecule has 0 aromatic heterocycles. The standard InChI is InChI=1S/C13H19N3O2/c14-11-4-1-2-5-12(11)15-13(17)10-16-6-3-8-18-9-7-16/h1-2,4-5H,3,6-10,14H2,(H,15,17). The fourth-order valence-corrected chi connectivity index (χ4v) is 1.96. The molecule has 98 valence electrons. The summed E-state index contributed by atoms with van der Waals surface area (Å²) < 4.78 is 5.35. The van der Waals surface area contributed by atoms with Crippen LogP contribution in [-0.2, 0) is 9.53 Å². The first-order valence-electron chi connectivity index (χ1n) is 6.20. The van der Waals surface area contributed by atoms with Gasteiger partial charge < -0.3 is 15.8 Å². The van der Waals surface area contributed by atoms with Crippen LogP contribution >= 0.6 is 0 Å². The number of nitrogens with zero attached hydrogens (tertiary/aromatic N) is 1. The van der Waals surface area contributed by atoms with E-state index in [-0.39, 0.29) is 5.91 Å². The van der Waals surface area contributed by atoms with Crippen molar-refractivity contribution in [3.63, 3.8) is 0 Å². The Morgan fingerprint density at radius 1 is 1.33 bits per heavy atom. The molecule has 0 aliphatic carbocycles.